The summed E-state index contributed by atoms with van der Waals surface area (Å²) >= 11 is 0. The normalized spacial score (nSPS) is 17.6. The molecule has 0 radical (unpaired) electrons. The molecule has 1 atom stereocenters. The molecule has 25 heavy (non-hydrogen) atoms. The summed E-state index contributed by atoms with van der Waals surface area (Å²) in [7, 11) is 0. The average Bonchev–Trinajstić information content (AvgIpc) is 3.06. The van der Waals surface area contributed by atoms with Gasteiger partial charge in [-0.25, -0.2) is 4.98 Å². The van der Waals surface area contributed by atoms with Crippen molar-refractivity contribution in [2.24, 2.45) is 0 Å². The van der Waals surface area contributed by atoms with E-state index in [2.05, 4.69) is 34.7 Å². The zero-order chi connectivity index (χ0) is 17.2. The van der Waals surface area contributed by atoms with Gasteiger partial charge in [0.05, 0.1) is 11.7 Å². The summed E-state index contributed by atoms with van der Waals surface area (Å²) in [5.74, 6) is 0.0515. The first-order valence-corrected chi connectivity index (χ1v) is 8.79. The Morgan fingerprint density at radius 1 is 1.24 bits per heavy atom. The number of aryl methyl sites for hydroxylation is 1. The zero-order valence-electron chi connectivity index (χ0n) is 14.3. The molecule has 2 aromatic heterocycles. The van der Waals surface area contributed by atoms with Gasteiger partial charge in [-0.05, 0) is 56.1 Å². The number of nitrogens with zero attached hydrogens (tertiary/aromatic N) is 2. The predicted octanol–water partition coefficient (Wildman–Crippen LogP) is 3.39. The smallest absolute Gasteiger partial charge is 0.241 e. The fourth-order valence-corrected chi connectivity index (χ4v) is 3.25. The summed E-state index contributed by atoms with van der Waals surface area (Å²) in [6.45, 7) is 2.98. The lowest BCUT2D eigenvalue weighted by Crippen LogP contribution is -2.43. The van der Waals surface area contributed by atoms with Crippen molar-refractivity contribution in [3.8, 4) is 11.3 Å². The van der Waals surface area contributed by atoms with E-state index in [0.717, 1.165) is 48.4 Å². The van der Waals surface area contributed by atoms with E-state index in [-0.39, 0.29) is 11.9 Å². The number of amides is 1. The van der Waals surface area contributed by atoms with E-state index in [0.29, 0.717) is 0 Å². The molecule has 4 rings (SSSR count). The summed E-state index contributed by atoms with van der Waals surface area (Å²) in [6.07, 6.45) is 7.21. The highest BCUT2D eigenvalue weighted by Crippen LogP contribution is 2.22. The standard InChI is InChI=1S/C20H22N4O/c1-14-9-11-24-13-18(23-19(24)12-14)15-5-7-16(8-6-15)22-20(25)17-4-2-3-10-21-17/h5-9,11-13,17,21H,2-4,10H2,1H3,(H,22,25)/t17-/m0/s1. The molecule has 3 heterocycles. The summed E-state index contributed by atoms with van der Waals surface area (Å²) in [4.78, 5) is 17.0. The topological polar surface area (TPSA) is 58.4 Å². The second kappa shape index (κ2) is 6.69. The SMILES string of the molecule is Cc1ccn2cc(-c3ccc(NC(=O)[C@@H]4CCCCN4)cc3)nc2c1. The molecule has 1 fully saturated rings. The molecule has 1 aliphatic heterocycles. The fourth-order valence-electron chi connectivity index (χ4n) is 3.25. The van der Waals surface area contributed by atoms with Crippen molar-refractivity contribution in [2.75, 3.05) is 11.9 Å². The molecular formula is C20H22N4O. The molecule has 0 spiro atoms. The minimum absolute atomic E-state index is 0.0515. The highest BCUT2D eigenvalue weighted by Gasteiger charge is 2.20. The monoisotopic (exact) mass is 334 g/mol. The second-order valence-electron chi connectivity index (χ2n) is 6.66. The van der Waals surface area contributed by atoms with Crippen molar-refractivity contribution in [3.05, 3.63) is 54.4 Å². The Kier molecular flexibility index (Phi) is 4.24. The van der Waals surface area contributed by atoms with Crippen LogP contribution in [0.5, 0.6) is 0 Å². The molecule has 5 nitrogen and oxygen atoms in total. The van der Waals surface area contributed by atoms with Crippen LogP contribution in [0.4, 0.5) is 5.69 Å². The fraction of sp³-hybridized carbons (Fsp3) is 0.300. The molecule has 2 N–H and O–H groups in total. The van der Waals surface area contributed by atoms with E-state index < -0.39 is 0 Å². The first-order valence-electron chi connectivity index (χ1n) is 8.79. The van der Waals surface area contributed by atoms with Crippen molar-refractivity contribution in [1.29, 1.82) is 0 Å². The second-order valence-corrected chi connectivity index (χ2v) is 6.66. The Hall–Kier alpha value is -2.66. The van der Waals surface area contributed by atoms with Crippen LogP contribution in [0.1, 0.15) is 24.8 Å². The van der Waals surface area contributed by atoms with Crippen molar-refractivity contribution in [2.45, 2.75) is 32.2 Å². The molecule has 0 saturated carbocycles. The maximum absolute atomic E-state index is 12.3. The van der Waals surface area contributed by atoms with Gasteiger partial charge < -0.3 is 15.0 Å². The Morgan fingerprint density at radius 2 is 2.08 bits per heavy atom. The molecule has 5 heteroatoms. The molecule has 0 aliphatic carbocycles. The van der Waals surface area contributed by atoms with Gasteiger partial charge >= 0.3 is 0 Å². The van der Waals surface area contributed by atoms with E-state index >= 15 is 0 Å². The summed E-state index contributed by atoms with van der Waals surface area (Å²) in [5, 5.41) is 6.27. The van der Waals surface area contributed by atoms with E-state index in [1.807, 2.05) is 41.1 Å². The number of carbonyl (C=O) groups excluding carboxylic acids is 1. The third kappa shape index (κ3) is 3.42. The Bertz CT molecular complexity index is 892. The number of anilines is 1. The minimum atomic E-state index is -0.0740. The Balaban J connectivity index is 1.49. The first-order chi connectivity index (χ1) is 12.2. The van der Waals surface area contributed by atoms with Crippen LogP contribution in [0.25, 0.3) is 16.9 Å². The highest BCUT2D eigenvalue weighted by atomic mass is 16.2. The van der Waals surface area contributed by atoms with E-state index in [9.17, 15) is 4.79 Å². The number of nitrogens with one attached hydrogen (secondary N) is 2. The van der Waals surface area contributed by atoms with Crippen molar-refractivity contribution in [1.82, 2.24) is 14.7 Å². The van der Waals surface area contributed by atoms with Gasteiger partial charge in [0.25, 0.3) is 0 Å². The van der Waals surface area contributed by atoms with Gasteiger partial charge in [0.1, 0.15) is 5.65 Å². The lowest BCUT2D eigenvalue weighted by Gasteiger charge is -2.22. The quantitative estimate of drug-likeness (QED) is 0.772. The maximum Gasteiger partial charge on any atom is 0.241 e. The number of piperidine rings is 1. The van der Waals surface area contributed by atoms with Crippen molar-refractivity contribution < 1.29 is 4.79 Å². The van der Waals surface area contributed by atoms with Crippen LogP contribution in [0.2, 0.25) is 0 Å². The summed E-state index contributed by atoms with van der Waals surface area (Å²) in [5.41, 5.74) is 4.92. The first kappa shape index (κ1) is 15.8. The van der Waals surface area contributed by atoms with Gasteiger partial charge in [-0.2, -0.15) is 0 Å². The summed E-state index contributed by atoms with van der Waals surface area (Å²) < 4.78 is 2.02. The van der Waals surface area contributed by atoms with Gasteiger partial charge in [0, 0.05) is 23.6 Å². The van der Waals surface area contributed by atoms with Gasteiger partial charge in [-0.3, -0.25) is 4.79 Å². The maximum atomic E-state index is 12.3. The number of rotatable bonds is 3. The molecule has 128 valence electrons. The molecular weight excluding hydrogens is 312 g/mol. The minimum Gasteiger partial charge on any atom is -0.325 e. The van der Waals surface area contributed by atoms with Crippen LogP contribution in [0.15, 0.2) is 48.8 Å². The lowest BCUT2D eigenvalue weighted by atomic mass is 10.0. The zero-order valence-corrected chi connectivity index (χ0v) is 14.3. The van der Waals surface area contributed by atoms with Crippen LogP contribution < -0.4 is 10.6 Å². The van der Waals surface area contributed by atoms with Gasteiger partial charge in [-0.15, -0.1) is 0 Å². The summed E-state index contributed by atoms with van der Waals surface area (Å²) in [6, 6.07) is 11.9. The van der Waals surface area contributed by atoms with Gasteiger partial charge in [0.15, 0.2) is 0 Å². The Labute approximate surface area is 147 Å². The number of hydrogen-bond acceptors (Lipinski definition) is 3. The van der Waals surface area contributed by atoms with Crippen LogP contribution in [-0.2, 0) is 4.79 Å². The molecule has 0 unspecified atom stereocenters. The average molecular weight is 334 g/mol. The number of hydrogen-bond donors (Lipinski definition) is 2. The van der Waals surface area contributed by atoms with E-state index in [1.165, 1.54) is 5.56 Å². The Morgan fingerprint density at radius 3 is 2.84 bits per heavy atom. The molecule has 3 aromatic rings. The molecule has 0 bridgehead atoms. The predicted molar refractivity (Wildman–Crippen MR) is 99.6 cm³/mol. The third-order valence-electron chi connectivity index (χ3n) is 4.69. The number of fused-ring (bicyclic) bond motifs is 1. The van der Waals surface area contributed by atoms with Crippen molar-refractivity contribution in [3.63, 3.8) is 0 Å². The lowest BCUT2D eigenvalue weighted by molar-refractivity contribution is -0.118. The van der Waals surface area contributed by atoms with E-state index in [1.54, 1.807) is 0 Å². The number of benzene rings is 1. The van der Waals surface area contributed by atoms with Crippen LogP contribution in [-0.4, -0.2) is 27.9 Å². The van der Waals surface area contributed by atoms with Crippen LogP contribution in [0.3, 0.4) is 0 Å². The van der Waals surface area contributed by atoms with Crippen LogP contribution in [0, 0.1) is 6.92 Å². The third-order valence-corrected chi connectivity index (χ3v) is 4.69. The molecule has 1 aromatic carbocycles. The molecule has 1 saturated heterocycles. The number of aromatic nitrogens is 2. The van der Waals surface area contributed by atoms with Crippen LogP contribution >= 0.6 is 0 Å². The number of pyridine rings is 1. The van der Waals surface area contributed by atoms with Crippen molar-refractivity contribution >= 4 is 17.2 Å². The number of imidazole rings is 1. The highest BCUT2D eigenvalue weighted by molar-refractivity contribution is 5.95. The van der Waals surface area contributed by atoms with Gasteiger partial charge in [-0.1, -0.05) is 18.6 Å². The van der Waals surface area contributed by atoms with Gasteiger partial charge in [0.2, 0.25) is 5.91 Å². The van der Waals surface area contributed by atoms with E-state index in [4.69, 9.17) is 0 Å². The number of carbonyl (C=O) groups is 1. The molecule has 1 aliphatic rings. The molecule has 1 amide bonds. The largest absolute Gasteiger partial charge is 0.325 e.